The average molecular weight is 294 g/mol. The van der Waals surface area contributed by atoms with E-state index in [1.165, 1.54) is 12.1 Å². The van der Waals surface area contributed by atoms with Crippen LogP contribution in [0.25, 0.3) is 0 Å². The van der Waals surface area contributed by atoms with Crippen molar-refractivity contribution in [2.75, 3.05) is 0 Å². The topological polar surface area (TPSA) is 90.2 Å². The van der Waals surface area contributed by atoms with Crippen LogP contribution in [0.15, 0.2) is 48.5 Å². The maximum absolute atomic E-state index is 12.2. The number of hydrogen-bond acceptors (Lipinski definition) is 3. The van der Waals surface area contributed by atoms with Gasteiger partial charge in [-0.3, -0.25) is 4.79 Å². The smallest absolute Gasteiger partial charge is 0.335 e. The Hall–Kier alpha value is -3.13. The fourth-order valence-corrected chi connectivity index (χ4v) is 2.02. The zero-order valence-electron chi connectivity index (χ0n) is 11.7. The maximum atomic E-state index is 12.2. The number of amides is 1. The summed E-state index contributed by atoms with van der Waals surface area (Å²) in [5, 5.41) is 20.4. The van der Waals surface area contributed by atoms with Crippen LogP contribution in [0.3, 0.4) is 0 Å². The molecule has 5 heteroatoms. The van der Waals surface area contributed by atoms with Crippen molar-refractivity contribution in [2.24, 2.45) is 0 Å². The van der Waals surface area contributed by atoms with Crippen molar-refractivity contribution >= 4 is 11.9 Å². The number of carbonyl (C=O) groups excluding carboxylic acids is 1. The summed E-state index contributed by atoms with van der Waals surface area (Å²) in [6, 6.07) is 15.3. The molecular weight excluding hydrogens is 280 g/mol. The van der Waals surface area contributed by atoms with Gasteiger partial charge in [0.2, 0.25) is 0 Å². The zero-order valence-corrected chi connectivity index (χ0v) is 11.7. The summed E-state index contributed by atoms with van der Waals surface area (Å²) >= 11 is 0. The van der Waals surface area contributed by atoms with Gasteiger partial charge in [-0.1, -0.05) is 30.3 Å². The van der Waals surface area contributed by atoms with Crippen molar-refractivity contribution in [3.05, 3.63) is 70.8 Å². The van der Waals surface area contributed by atoms with Crippen molar-refractivity contribution in [2.45, 2.75) is 13.0 Å². The fraction of sp³-hybridized carbons (Fsp3) is 0.118. The first-order valence-electron chi connectivity index (χ1n) is 6.67. The largest absolute Gasteiger partial charge is 0.478 e. The second kappa shape index (κ2) is 7.04. The Balaban J connectivity index is 2.04. The lowest BCUT2D eigenvalue weighted by molar-refractivity contribution is 0.0696. The molecule has 0 saturated heterocycles. The number of nitrogens with zero attached hydrogens (tertiary/aromatic N) is 1. The summed E-state index contributed by atoms with van der Waals surface area (Å²) in [6.45, 7) is 0.291. The van der Waals surface area contributed by atoms with Gasteiger partial charge in [0.1, 0.15) is 0 Å². The predicted molar refractivity (Wildman–Crippen MR) is 80.3 cm³/mol. The Kier molecular flexibility index (Phi) is 4.89. The van der Waals surface area contributed by atoms with Crippen LogP contribution in [0.5, 0.6) is 0 Å². The second-order valence-electron chi connectivity index (χ2n) is 4.68. The Labute approximate surface area is 127 Å². The van der Waals surface area contributed by atoms with E-state index in [4.69, 9.17) is 10.4 Å². The monoisotopic (exact) mass is 294 g/mol. The Bertz CT molecular complexity index is 730. The molecule has 0 unspecified atom stereocenters. The van der Waals surface area contributed by atoms with Crippen LogP contribution in [0.2, 0.25) is 0 Å². The van der Waals surface area contributed by atoms with E-state index < -0.39 is 5.97 Å². The van der Waals surface area contributed by atoms with Crippen LogP contribution in [0, 0.1) is 11.3 Å². The van der Waals surface area contributed by atoms with E-state index >= 15 is 0 Å². The molecule has 0 aromatic heterocycles. The molecule has 0 bridgehead atoms. The van der Waals surface area contributed by atoms with Crippen molar-refractivity contribution < 1.29 is 14.7 Å². The van der Waals surface area contributed by atoms with Crippen LogP contribution in [0.1, 0.15) is 31.8 Å². The van der Waals surface area contributed by atoms with Gasteiger partial charge in [0.15, 0.2) is 0 Å². The van der Waals surface area contributed by atoms with Crippen molar-refractivity contribution in [1.29, 1.82) is 5.26 Å². The molecule has 2 aromatic carbocycles. The van der Waals surface area contributed by atoms with Gasteiger partial charge >= 0.3 is 5.97 Å². The number of benzene rings is 2. The maximum Gasteiger partial charge on any atom is 0.335 e. The molecule has 0 heterocycles. The summed E-state index contributed by atoms with van der Waals surface area (Å²) in [5.74, 6) is -1.24. The number of carbonyl (C=O) groups is 2. The van der Waals surface area contributed by atoms with Gasteiger partial charge in [-0.2, -0.15) is 5.26 Å². The number of nitrogens with one attached hydrogen (secondary N) is 1. The molecule has 0 radical (unpaired) electrons. The molecule has 2 aromatic rings. The van der Waals surface area contributed by atoms with Crippen LogP contribution < -0.4 is 5.32 Å². The summed E-state index contributed by atoms with van der Waals surface area (Å²) < 4.78 is 0. The minimum atomic E-state index is -0.985. The molecule has 0 saturated carbocycles. The first-order valence-corrected chi connectivity index (χ1v) is 6.67. The lowest BCUT2D eigenvalue weighted by Crippen LogP contribution is -2.24. The summed E-state index contributed by atoms with van der Waals surface area (Å²) in [6.07, 6.45) is 0.177. The van der Waals surface area contributed by atoms with E-state index in [1.807, 2.05) is 6.07 Å². The Morgan fingerprint density at radius 1 is 1.09 bits per heavy atom. The van der Waals surface area contributed by atoms with Crippen LogP contribution in [-0.2, 0) is 13.0 Å². The van der Waals surface area contributed by atoms with Gasteiger partial charge in [0.25, 0.3) is 5.91 Å². The third-order valence-electron chi connectivity index (χ3n) is 3.19. The zero-order chi connectivity index (χ0) is 15.9. The van der Waals surface area contributed by atoms with Gasteiger partial charge < -0.3 is 10.4 Å². The van der Waals surface area contributed by atoms with Crippen LogP contribution in [-0.4, -0.2) is 17.0 Å². The fourth-order valence-electron chi connectivity index (χ4n) is 2.02. The molecular formula is C17H14N2O3. The molecule has 0 spiro atoms. The molecule has 0 atom stereocenters. The third kappa shape index (κ3) is 3.70. The van der Waals surface area contributed by atoms with Crippen molar-refractivity contribution in [3.8, 4) is 6.07 Å². The van der Waals surface area contributed by atoms with Crippen LogP contribution in [0.4, 0.5) is 0 Å². The first kappa shape index (κ1) is 15.3. The quantitative estimate of drug-likeness (QED) is 0.885. The molecule has 110 valence electrons. The molecule has 0 fully saturated rings. The normalized spacial score (nSPS) is 9.77. The molecule has 5 nitrogen and oxygen atoms in total. The van der Waals surface area contributed by atoms with Gasteiger partial charge in [-0.15, -0.1) is 0 Å². The number of aromatic carboxylic acids is 1. The summed E-state index contributed by atoms with van der Waals surface area (Å²) in [7, 11) is 0. The summed E-state index contributed by atoms with van der Waals surface area (Å²) in [4.78, 5) is 22.9. The highest BCUT2D eigenvalue weighted by Gasteiger charge is 2.10. The van der Waals surface area contributed by atoms with E-state index in [9.17, 15) is 9.59 Å². The highest BCUT2D eigenvalue weighted by atomic mass is 16.4. The number of nitriles is 1. The average Bonchev–Trinajstić information content (AvgIpc) is 2.54. The van der Waals surface area contributed by atoms with Gasteiger partial charge in [0, 0.05) is 12.1 Å². The molecule has 0 aliphatic heterocycles. The molecule has 2 rings (SSSR count). The third-order valence-corrected chi connectivity index (χ3v) is 3.19. The van der Waals surface area contributed by atoms with E-state index in [1.54, 1.807) is 36.4 Å². The van der Waals surface area contributed by atoms with Gasteiger partial charge in [-0.25, -0.2) is 4.79 Å². The minimum Gasteiger partial charge on any atom is -0.478 e. The van der Waals surface area contributed by atoms with E-state index in [0.29, 0.717) is 17.7 Å². The molecule has 2 N–H and O–H groups in total. The number of carboxylic acids is 1. The first-order chi connectivity index (χ1) is 10.6. The van der Waals surface area contributed by atoms with Gasteiger partial charge in [0.05, 0.1) is 18.1 Å². The van der Waals surface area contributed by atoms with Gasteiger partial charge in [-0.05, 0) is 29.3 Å². The van der Waals surface area contributed by atoms with E-state index in [-0.39, 0.29) is 17.9 Å². The standard InChI is InChI=1S/C17H14N2O3/c18-10-9-13-3-1-2-4-15(13)16(20)19-11-12-5-7-14(8-6-12)17(21)22/h1-8H,9,11H2,(H,19,20)(H,21,22). The Morgan fingerprint density at radius 2 is 1.77 bits per heavy atom. The summed E-state index contributed by atoms with van der Waals surface area (Å²) in [5.41, 5.74) is 2.17. The predicted octanol–water partition coefficient (Wildman–Crippen LogP) is 2.38. The number of carboxylic acid groups (broad SMARTS) is 1. The number of rotatable bonds is 5. The van der Waals surface area contributed by atoms with E-state index in [0.717, 1.165) is 5.56 Å². The van der Waals surface area contributed by atoms with Crippen molar-refractivity contribution in [3.63, 3.8) is 0 Å². The number of hydrogen-bond donors (Lipinski definition) is 2. The lowest BCUT2D eigenvalue weighted by Gasteiger charge is -2.08. The lowest BCUT2D eigenvalue weighted by atomic mass is 10.0. The highest BCUT2D eigenvalue weighted by Crippen LogP contribution is 2.10. The Morgan fingerprint density at radius 3 is 2.41 bits per heavy atom. The molecule has 22 heavy (non-hydrogen) atoms. The highest BCUT2D eigenvalue weighted by molar-refractivity contribution is 5.95. The SMILES string of the molecule is N#CCc1ccccc1C(=O)NCc1ccc(C(=O)O)cc1. The second-order valence-corrected chi connectivity index (χ2v) is 4.68. The van der Waals surface area contributed by atoms with Crippen molar-refractivity contribution in [1.82, 2.24) is 5.32 Å². The minimum absolute atomic E-state index is 0.177. The van der Waals surface area contributed by atoms with Crippen LogP contribution >= 0.6 is 0 Å². The molecule has 1 amide bonds. The van der Waals surface area contributed by atoms with E-state index in [2.05, 4.69) is 5.32 Å². The molecule has 0 aliphatic rings. The molecule has 0 aliphatic carbocycles.